The minimum absolute atomic E-state index is 0.0615. The van der Waals surface area contributed by atoms with E-state index in [2.05, 4.69) is 48.6 Å². The SMILES string of the molecule is Cc1ccc(C(=O)Nc2ccc3c(c2)Cc2ccccc2-3)cc1C. The minimum Gasteiger partial charge on any atom is -0.322 e. The molecule has 0 saturated heterocycles. The first-order chi connectivity index (χ1) is 11.6. The zero-order chi connectivity index (χ0) is 16.7. The van der Waals surface area contributed by atoms with Crippen molar-refractivity contribution in [2.45, 2.75) is 20.3 Å². The van der Waals surface area contributed by atoms with Crippen LogP contribution in [0.15, 0.2) is 60.7 Å². The van der Waals surface area contributed by atoms with Crippen molar-refractivity contribution in [2.75, 3.05) is 5.32 Å². The minimum atomic E-state index is -0.0615. The number of amides is 1. The highest BCUT2D eigenvalue weighted by Crippen LogP contribution is 2.37. The van der Waals surface area contributed by atoms with Crippen LogP contribution in [0.2, 0.25) is 0 Å². The fourth-order valence-corrected chi connectivity index (χ4v) is 3.31. The molecule has 1 aliphatic rings. The van der Waals surface area contributed by atoms with Gasteiger partial charge in [0.1, 0.15) is 0 Å². The molecule has 0 aromatic heterocycles. The number of anilines is 1. The third-order valence-electron chi connectivity index (χ3n) is 4.82. The fourth-order valence-electron chi connectivity index (χ4n) is 3.31. The molecule has 1 amide bonds. The van der Waals surface area contributed by atoms with Crippen LogP contribution < -0.4 is 5.32 Å². The lowest BCUT2D eigenvalue weighted by molar-refractivity contribution is 0.102. The normalized spacial score (nSPS) is 11.8. The zero-order valence-electron chi connectivity index (χ0n) is 13.9. The molecule has 3 aromatic rings. The van der Waals surface area contributed by atoms with Gasteiger partial charge in [0.25, 0.3) is 5.91 Å². The van der Waals surface area contributed by atoms with Crippen molar-refractivity contribution in [3.8, 4) is 11.1 Å². The summed E-state index contributed by atoms with van der Waals surface area (Å²) in [6, 6.07) is 20.5. The Labute approximate surface area is 142 Å². The predicted octanol–water partition coefficient (Wildman–Crippen LogP) is 5.13. The standard InChI is InChI=1S/C22H19NO/c1-14-7-8-17(11-15(14)2)22(24)23-19-9-10-21-18(13-19)12-16-5-3-4-6-20(16)21/h3-11,13H,12H2,1-2H3,(H,23,24). The number of benzene rings is 3. The van der Waals surface area contributed by atoms with Gasteiger partial charge in [-0.2, -0.15) is 0 Å². The van der Waals surface area contributed by atoms with Gasteiger partial charge in [-0.3, -0.25) is 4.79 Å². The maximum Gasteiger partial charge on any atom is 0.255 e. The first-order valence-electron chi connectivity index (χ1n) is 8.21. The highest BCUT2D eigenvalue weighted by atomic mass is 16.1. The van der Waals surface area contributed by atoms with Crippen LogP contribution >= 0.6 is 0 Å². The van der Waals surface area contributed by atoms with Crippen LogP contribution in [-0.4, -0.2) is 5.91 Å². The predicted molar refractivity (Wildman–Crippen MR) is 98.6 cm³/mol. The molecular weight excluding hydrogens is 294 g/mol. The Balaban J connectivity index is 1.59. The van der Waals surface area contributed by atoms with Gasteiger partial charge in [0.15, 0.2) is 0 Å². The Morgan fingerprint density at radius 1 is 0.833 bits per heavy atom. The number of hydrogen-bond acceptors (Lipinski definition) is 1. The molecule has 2 nitrogen and oxygen atoms in total. The molecule has 118 valence electrons. The number of carbonyl (C=O) groups is 1. The highest BCUT2D eigenvalue weighted by Gasteiger charge is 2.18. The molecular formula is C22H19NO. The molecule has 0 aliphatic heterocycles. The first kappa shape index (κ1) is 14.7. The summed E-state index contributed by atoms with van der Waals surface area (Å²) in [4.78, 5) is 12.5. The number of rotatable bonds is 2. The van der Waals surface area contributed by atoms with Crippen LogP contribution in [0.5, 0.6) is 0 Å². The van der Waals surface area contributed by atoms with Gasteiger partial charge in [0.2, 0.25) is 0 Å². The fraction of sp³-hybridized carbons (Fsp3) is 0.136. The lowest BCUT2D eigenvalue weighted by Crippen LogP contribution is -2.12. The van der Waals surface area contributed by atoms with Gasteiger partial charge < -0.3 is 5.32 Å². The van der Waals surface area contributed by atoms with E-state index in [1.54, 1.807) is 0 Å². The topological polar surface area (TPSA) is 29.1 Å². The van der Waals surface area contributed by atoms with Crippen molar-refractivity contribution in [3.63, 3.8) is 0 Å². The van der Waals surface area contributed by atoms with Gasteiger partial charge in [-0.1, -0.05) is 36.4 Å². The summed E-state index contributed by atoms with van der Waals surface area (Å²) in [6.45, 7) is 4.08. The lowest BCUT2D eigenvalue weighted by Gasteiger charge is -2.09. The second-order valence-corrected chi connectivity index (χ2v) is 6.46. The molecule has 1 N–H and O–H groups in total. The van der Waals surface area contributed by atoms with E-state index in [1.807, 2.05) is 31.2 Å². The van der Waals surface area contributed by atoms with Gasteiger partial charge in [0, 0.05) is 11.3 Å². The van der Waals surface area contributed by atoms with E-state index in [0.29, 0.717) is 5.56 Å². The average Bonchev–Trinajstić information content (AvgIpc) is 2.95. The van der Waals surface area contributed by atoms with Gasteiger partial charge in [-0.15, -0.1) is 0 Å². The van der Waals surface area contributed by atoms with Gasteiger partial charge >= 0.3 is 0 Å². The molecule has 0 spiro atoms. The number of aryl methyl sites for hydroxylation is 2. The summed E-state index contributed by atoms with van der Waals surface area (Å²) < 4.78 is 0. The number of fused-ring (bicyclic) bond motifs is 3. The zero-order valence-corrected chi connectivity index (χ0v) is 13.9. The largest absolute Gasteiger partial charge is 0.322 e. The van der Waals surface area contributed by atoms with Crippen molar-refractivity contribution >= 4 is 11.6 Å². The summed E-state index contributed by atoms with van der Waals surface area (Å²) in [5.74, 6) is -0.0615. The number of hydrogen-bond donors (Lipinski definition) is 1. The van der Waals surface area contributed by atoms with Crippen LogP contribution in [0.1, 0.15) is 32.6 Å². The molecule has 0 saturated carbocycles. The van der Waals surface area contributed by atoms with Crippen LogP contribution in [0.4, 0.5) is 5.69 Å². The summed E-state index contributed by atoms with van der Waals surface area (Å²) in [5.41, 5.74) is 9.08. The third-order valence-corrected chi connectivity index (χ3v) is 4.82. The van der Waals surface area contributed by atoms with Crippen molar-refractivity contribution in [1.29, 1.82) is 0 Å². The van der Waals surface area contributed by atoms with Crippen LogP contribution in [0, 0.1) is 13.8 Å². The Morgan fingerprint density at radius 3 is 2.46 bits per heavy atom. The summed E-state index contributed by atoms with van der Waals surface area (Å²) in [7, 11) is 0. The molecule has 0 fully saturated rings. The molecule has 4 rings (SSSR count). The van der Waals surface area contributed by atoms with E-state index in [-0.39, 0.29) is 5.91 Å². The Bertz CT molecular complexity index is 956. The smallest absolute Gasteiger partial charge is 0.255 e. The van der Waals surface area contributed by atoms with Crippen LogP contribution in [0.3, 0.4) is 0 Å². The summed E-state index contributed by atoms with van der Waals surface area (Å²) in [6.07, 6.45) is 0.929. The molecule has 0 heterocycles. The van der Waals surface area contributed by atoms with Crippen molar-refractivity contribution in [2.24, 2.45) is 0 Å². The Kier molecular flexibility index (Phi) is 3.46. The van der Waals surface area contributed by atoms with E-state index < -0.39 is 0 Å². The van der Waals surface area contributed by atoms with E-state index in [0.717, 1.165) is 17.7 Å². The van der Waals surface area contributed by atoms with Crippen molar-refractivity contribution in [1.82, 2.24) is 0 Å². The van der Waals surface area contributed by atoms with Crippen molar-refractivity contribution in [3.05, 3.63) is 88.5 Å². The van der Waals surface area contributed by atoms with Crippen molar-refractivity contribution < 1.29 is 4.79 Å². The molecule has 0 radical (unpaired) electrons. The molecule has 0 bridgehead atoms. The van der Waals surface area contributed by atoms with Gasteiger partial charge in [-0.05, 0) is 77.9 Å². The molecule has 3 aromatic carbocycles. The molecule has 2 heteroatoms. The number of nitrogens with one attached hydrogen (secondary N) is 1. The van der Waals surface area contributed by atoms with E-state index >= 15 is 0 Å². The second-order valence-electron chi connectivity index (χ2n) is 6.46. The van der Waals surface area contributed by atoms with Crippen LogP contribution in [-0.2, 0) is 6.42 Å². The van der Waals surface area contributed by atoms with E-state index in [9.17, 15) is 4.79 Å². The highest BCUT2D eigenvalue weighted by molar-refractivity contribution is 6.04. The first-order valence-corrected chi connectivity index (χ1v) is 8.21. The molecule has 0 atom stereocenters. The van der Waals surface area contributed by atoms with Gasteiger partial charge in [0.05, 0.1) is 0 Å². The summed E-state index contributed by atoms with van der Waals surface area (Å²) >= 11 is 0. The Hall–Kier alpha value is -2.87. The van der Waals surface area contributed by atoms with Crippen LogP contribution in [0.25, 0.3) is 11.1 Å². The second kappa shape index (κ2) is 5.64. The maximum absolute atomic E-state index is 12.5. The number of carbonyl (C=O) groups excluding carboxylic acids is 1. The quantitative estimate of drug-likeness (QED) is 0.546. The van der Waals surface area contributed by atoms with E-state index in [4.69, 9.17) is 0 Å². The van der Waals surface area contributed by atoms with E-state index in [1.165, 1.54) is 27.8 Å². The molecule has 24 heavy (non-hydrogen) atoms. The molecule has 0 unspecified atom stereocenters. The average molecular weight is 313 g/mol. The van der Waals surface area contributed by atoms with Gasteiger partial charge in [-0.25, -0.2) is 0 Å². The monoisotopic (exact) mass is 313 g/mol. The lowest BCUT2D eigenvalue weighted by atomic mass is 10.0. The Morgan fingerprint density at radius 2 is 1.62 bits per heavy atom. The molecule has 1 aliphatic carbocycles. The summed E-state index contributed by atoms with van der Waals surface area (Å²) in [5, 5.41) is 3.02. The third kappa shape index (κ3) is 2.50. The maximum atomic E-state index is 12.5.